The molecule has 0 saturated heterocycles. The number of pyridine rings is 1. The number of hydrogen-bond donors (Lipinski definition) is 2. The van der Waals surface area contributed by atoms with Crippen LogP contribution in [0.4, 0.5) is 0 Å². The summed E-state index contributed by atoms with van der Waals surface area (Å²) in [6.45, 7) is -0.126. The van der Waals surface area contributed by atoms with E-state index in [1.807, 2.05) is 0 Å². The number of hydrogen-bond acceptors (Lipinski definition) is 5. The van der Waals surface area contributed by atoms with Gasteiger partial charge in [-0.2, -0.15) is 4.52 Å². The van der Waals surface area contributed by atoms with Crippen molar-refractivity contribution in [1.29, 1.82) is 0 Å². The molecule has 0 aliphatic heterocycles. The van der Waals surface area contributed by atoms with Gasteiger partial charge in [-0.25, -0.2) is 0 Å². The highest BCUT2D eigenvalue weighted by atomic mass is 16.3. The maximum atomic E-state index is 8.88. The van der Waals surface area contributed by atoms with E-state index in [1.54, 1.807) is 18.2 Å². The second kappa shape index (κ2) is 3.08. The van der Waals surface area contributed by atoms with Crippen LogP contribution in [0.2, 0.25) is 0 Å². The number of nitrogens with two attached hydrogens (primary N) is 1. The standard InChI is InChI=1S/C7H9N5O/c8-5(4-13)6-2-1-3-7-9-10-11-12(6)7/h1-3,5,13H,4,8H2. The average molecular weight is 179 g/mol. The number of fused-ring (bicyclic) bond motifs is 1. The van der Waals surface area contributed by atoms with E-state index in [0.29, 0.717) is 11.3 Å². The summed E-state index contributed by atoms with van der Waals surface area (Å²) in [7, 11) is 0. The minimum atomic E-state index is -0.452. The van der Waals surface area contributed by atoms with E-state index < -0.39 is 6.04 Å². The first-order chi connectivity index (χ1) is 6.33. The van der Waals surface area contributed by atoms with E-state index in [4.69, 9.17) is 10.8 Å². The highest BCUT2D eigenvalue weighted by Crippen LogP contribution is 2.09. The molecule has 2 rings (SSSR count). The molecule has 13 heavy (non-hydrogen) atoms. The normalized spacial score (nSPS) is 13.4. The molecule has 0 fully saturated rings. The van der Waals surface area contributed by atoms with Crippen molar-refractivity contribution in [3.05, 3.63) is 23.9 Å². The van der Waals surface area contributed by atoms with Crippen molar-refractivity contribution in [2.45, 2.75) is 6.04 Å². The lowest BCUT2D eigenvalue weighted by Gasteiger charge is -2.08. The van der Waals surface area contributed by atoms with E-state index in [9.17, 15) is 0 Å². The van der Waals surface area contributed by atoms with E-state index in [2.05, 4.69) is 15.5 Å². The Morgan fingerprint density at radius 1 is 1.54 bits per heavy atom. The second-order valence-electron chi connectivity index (χ2n) is 2.69. The van der Waals surface area contributed by atoms with Gasteiger partial charge in [-0.05, 0) is 22.6 Å². The first kappa shape index (κ1) is 8.09. The van der Waals surface area contributed by atoms with E-state index in [1.165, 1.54) is 4.52 Å². The van der Waals surface area contributed by atoms with Gasteiger partial charge in [0.1, 0.15) is 0 Å². The van der Waals surface area contributed by atoms with Gasteiger partial charge >= 0.3 is 0 Å². The molecule has 68 valence electrons. The lowest BCUT2D eigenvalue weighted by molar-refractivity contribution is 0.264. The SMILES string of the molecule is NC(CO)c1cccc2nnnn12. The molecule has 6 nitrogen and oxygen atoms in total. The van der Waals surface area contributed by atoms with Crippen molar-refractivity contribution >= 4 is 5.65 Å². The first-order valence-corrected chi connectivity index (χ1v) is 3.86. The molecule has 0 bridgehead atoms. The summed E-state index contributed by atoms with van der Waals surface area (Å²) in [4.78, 5) is 0. The Bertz CT molecular complexity index is 412. The van der Waals surface area contributed by atoms with E-state index in [0.717, 1.165) is 0 Å². The molecule has 2 aromatic heterocycles. The van der Waals surface area contributed by atoms with Crippen molar-refractivity contribution < 1.29 is 5.11 Å². The third kappa shape index (κ3) is 1.25. The maximum Gasteiger partial charge on any atom is 0.179 e. The van der Waals surface area contributed by atoms with Crippen molar-refractivity contribution in [1.82, 2.24) is 20.0 Å². The van der Waals surface area contributed by atoms with Gasteiger partial charge in [0.25, 0.3) is 0 Å². The zero-order valence-corrected chi connectivity index (χ0v) is 6.83. The Kier molecular flexibility index (Phi) is 1.91. The molecule has 0 amide bonds. The Morgan fingerprint density at radius 2 is 2.38 bits per heavy atom. The van der Waals surface area contributed by atoms with E-state index >= 15 is 0 Å². The molecule has 0 saturated carbocycles. The van der Waals surface area contributed by atoms with Gasteiger partial charge in [-0.1, -0.05) is 6.07 Å². The highest BCUT2D eigenvalue weighted by molar-refractivity contribution is 5.36. The Hall–Kier alpha value is -1.53. The lowest BCUT2D eigenvalue weighted by Crippen LogP contribution is -2.18. The van der Waals surface area contributed by atoms with Gasteiger partial charge in [0.15, 0.2) is 5.65 Å². The zero-order chi connectivity index (χ0) is 9.26. The molecule has 0 aliphatic rings. The largest absolute Gasteiger partial charge is 0.394 e. The van der Waals surface area contributed by atoms with Crippen LogP contribution in [0.1, 0.15) is 11.7 Å². The van der Waals surface area contributed by atoms with Gasteiger partial charge in [0.05, 0.1) is 18.3 Å². The van der Waals surface area contributed by atoms with Gasteiger partial charge < -0.3 is 10.8 Å². The molecular weight excluding hydrogens is 170 g/mol. The van der Waals surface area contributed by atoms with Crippen LogP contribution in [-0.4, -0.2) is 31.8 Å². The number of tetrazole rings is 1. The molecule has 1 unspecified atom stereocenters. The maximum absolute atomic E-state index is 8.88. The molecule has 0 radical (unpaired) electrons. The Balaban J connectivity index is 2.60. The van der Waals surface area contributed by atoms with Crippen molar-refractivity contribution in [2.24, 2.45) is 5.73 Å². The quantitative estimate of drug-likeness (QED) is 0.624. The van der Waals surface area contributed by atoms with Crippen LogP contribution < -0.4 is 5.73 Å². The van der Waals surface area contributed by atoms with Gasteiger partial charge in [-0.3, -0.25) is 0 Å². The summed E-state index contributed by atoms with van der Waals surface area (Å²) >= 11 is 0. The summed E-state index contributed by atoms with van der Waals surface area (Å²) in [5, 5.41) is 19.9. The summed E-state index contributed by atoms with van der Waals surface area (Å²) in [6.07, 6.45) is 0. The smallest absolute Gasteiger partial charge is 0.179 e. The average Bonchev–Trinajstić information content (AvgIpc) is 2.63. The zero-order valence-electron chi connectivity index (χ0n) is 6.83. The number of aromatic nitrogens is 4. The van der Waals surface area contributed by atoms with Crippen LogP contribution in [-0.2, 0) is 0 Å². The predicted octanol–water partition coefficient (Wildman–Crippen LogP) is -0.884. The predicted molar refractivity (Wildman–Crippen MR) is 44.8 cm³/mol. The number of aliphatic hydroxyl groups excluding tert-OH is 1. The van der Waals surface area contributed by atoms with Crippen LogP contribution in [0.5, 0.6) is 0 Å². The Morgan fingerprint density at radius 3 is 3.15 bits per heavy atom. The van der Waals surface area contributed by atoms with Gasteiger partial charge in [0, 0.05) is 0 Å². The lowest BCUT2D eigenvalue weighted by atomic mass is 10.2. The van der Waals surface area contributed by atoms with Crippen molar-refractivity contribution in [2.75, 3.05) is 6.61 Å². The number of nitrogens with zero attached hydrogens (tertiary/aromatic N) is 4. The molecule has 0 aliphatic carbocycles. The molecule has 6 heteroatoms. The molecule has 0 aromatic carbocycles. The van der Waals surface area contributed by atoms with Crippen molar-refractivity contribution in [3.8, 4) is 0 Å². The second-order valence-corrected chi connectivity index (χ2v) is 2.69. The summed E-state index contributed by atoms with van der Waals surface area (Å²) in [5.74, 6) is 0. The molecular formula is C7H9N5O. The Labute approximate surface area is 74.0 Å². The first-order valence-electron chi connectivity index (χ1n) is 3.86. The number of rotatable bonds is 2. The van der Waals surface area contributed by atoms with Crippen LogP contribution in [0.3, 0.4) is 0 Å². The third-order valence-electron chi connectivity index (χ3n) is 1.83. The highest BCUT2D eigenvalue weighted by Gasteiger charge is 2.09. The monoisotopic (exact) mass is 179 g/mol. The van der Waals surface area contributed by atoms with Crippen LogP contribution >= 0.6 is 0 Å². The van der Waals surface area contributed by atoms with Gasteiger partial charge in [-0.15, -0.1) is 5.10 Å². The van der Waals surface area contributed by atoms with Crippen LogP contribution in [0.25, 0.3) is 5.65 Å². The number of aliphatic hydroxyl groups is 1. The molecule has 2 aromatic rings. The topological polar surface area (TPSA) is 89.3 Å². The summed E-state index contributed by atoms with van der Waals surface area (Å²) < 4.78 is 1.51. The van der Waals surface area contributed by atoms with Crippen LogP contribution in [0, 0.1) is 0 Å². The molecule has 2 heterocycles. The molecule has 3 N–H and O–H groups in total. The summed E-state index contributed by atoms with van der Waals surface area (Å²) in [6, 6.07) is 4.90. The van der Waals surface area contributed by atoms with Gasteiger partial charge in [0.2, 0.25) is 0 Å². The molecule has 1 atom stereocenters. The van der Waals surface area contributed by atoms with E-state index in [-0.39, 0.29) is 6.61 Å². The minimum Gasteiger partial charge on any atom is -0.394 e. The van der Waals surface area contributed by atoms with Crippen molar-refractivity contribution in [3.63, 3.8) is 0 Å². The summed E-state index contributed by atoms with van der Waals surface area (Å²) in [5.41, 5.74) is 6.98. The fourth-order valence-corrected chi connectivity index (χ4v) is 1.16. The minimum absolute atomic E-state index is 0.126. The van der Waals surface area contributed by atoms with Crippen LogP contribution in [0.15, 0.2) is 18.2 Å². The third-order valence-corrected chi connectivity index (χ3v) is 1.83. The fourth-order valence-electron chi connectivity index (χ4n) is 1.16. The fraction of sp³-hybridized carbons (Fsp3) is 0.286. The molecule has 0 spiro atoms.